The molecular formula is C24H24N2O5. The summed E-state index contributed by atoms with van der Waals surface area (Å²) in [4.78, 5) is 23.9. The van der Waals surface area contributed by atoms with E-state index in [9.17, 15) is 9.59 Å². The molecule has 7 heteroatoms. The van der Waals surface area contributed by atoms with Gasteiger partial charge in [0.05, 0.1) is 25.0 Å². The van der Waals surface area contributed by atoms with Gasteiger partial charge < -0.3 is 13.9 Å². The quantitative estimate of drug-likeness (QED) is 0.308. The molecule has 0 radical (unpaired) electrons. The smallest absolute Gasteiger partial charge is 0.338 e. The third-order valence-corrected chi connectivity index (χ3v) is 4.25. The van der Waals surface area contributed by atoms with Crippen LogP contribution in [0.5, 0.6) is 5.75 Å². The zero-order chi connectivity index (χ0) is 22.1. The predicted molar refractivity (Wildman–Crippen MR) is 117 cm³/mol. The van der Waals surface area contributed by atoms with Crippen LogP contribution in [-0.4, -0.2) is 31.3 Å². The van der Waals surface area contributed by atoms with Gasteiger partial charge in [0.2, 0.25) is 0 Å². The predicted octanol–water partition coefficient (Wildman–Crippen LogP) is 4.68. The molecule has 3 aromatic rings. The first-order valence-corrected chi connectivity index (χ1v) is 10.0. The lowest BCUT2D eigenvalue weighted by atomic mass is 10.1. The summed E-state index contributed by atoms with van der Waals surface area (Å²) in [6.45, 7) is 4.76. The van der Waals surface area contributed by atoms with Gasteiger partial charge in [0, 0.05) is 11.1 Å². The van der Waals surface area contributed by atoms with E-state index in [1.54, 1.807) is 67.6 Å². The van der Waals surface area contributed by atoms with Gasteiger partial charge in [-0.25, -0.2) is 10.2 Å². The molecule has 0 spiro atoms. The highest BCUT2D eigenvalue weighted by molar-refractivity contribution is 5.94. The molecule has 0 atom stereocenters. The summed E-state index contributed by atoms with van der Waals surface area (Å²) in [5, 5.41) is 3.94. The Morgan fingerprint density at radius 3 is 2.35 bits per heavy atom. The molecule has 3 rings (SSSR count). The second-order valence-corrected chi connectivity index (χ2v) is 6.57. The Morgan fingerprint density at radius 1 is 0.968 bits per heavy atom. The number of hydrogen-bond acceptors (Lipinski definition) is 6. The van der Waals surface area contributed by atoms with Gasteiger partial charge in [-0.1, -0.05) is 19.1 Å². The van der Waals surface area contributed by atoms with Gasteiger partial charge in [-0.2, -0.15) is 5.10 Å². The fourth-order valence-corrected chi connectivity index (χ4v) is 2.70. The maximum Gasteiger partial charge on any atom is 0.338 e. The number of benzene rings is 2. The van der Waals surface area contributed by atoms with Gasteiger partial charge in [0.15, 0.2) is 0 Å². The van der Waals surface area contributed by atoms with Gasteiger partial charge in [-0.15, -0.1) is 0 Å². The Labute approximate surface area is 180 Å². The number of rotatable bonds is 9. The first kappa shape index (κ1) is 21.8. The van der Waals surface area contributed by atoms with E-state index in [-0.39, 0.29) is 11.9 Å². The van der Waals surface area contributed by atoms with Crippen molar-refractivity contribution in [3.63, 3.8) is 0 Å². The van der Waals surface area contributed by atoms with E-state index in [4.69, 9.17) is 13.9 Å². The third kappa shape index (κ3) is 6.05. The highest BCUT2D eigenvalue weighted by Gasteiger charge is 2.09. The van der Waals surface area contributed by atoms with Gasteiger partial charge in [-0.05, 0) is 61.9 Å². The Kier molecular flexibility index (Phi) is 7.59. The second-order valence-electron chi connectivity index (χ2n) is 6.57. The molecule has 0 saturated heterocycles. The Hall–Kier alpha value is -3.87. The number of carbonyl (C=O) groups excluding carboxylic acids is 2. The summed E-state index contributed by atoms with van der Waals surface area (Å²) < 4.78 is 16.2. The molecule has 0 aliphatic heterocycles. The van der Waals surface area contributed by atoms with Crippen molar-refractivity contribution in [3.8, 4) is 17.1 Å². The van der Waals surface area contributed by atoms with Crippen LogP contribution in [0.2, 0.25) is 0 Å². The minimum Gasteiger partial charge on any atom is -0.494 e. The summed E-state index contributed by atoms with van der Waals surface area (Å²) in [5.74, 6) is 1.12. The Morgan fingerprint density at radius 2 is 1.68 bits per heavy atom. The minimum absolute atomic E-state index is 0.330. The van der Waals surface area contributed by atoms with Gasteiger partial charge in [0.25, 0.3) is 5.91 Å². The highest BCUT2D eigenvalue weighted by Crippen LogP contribution is 2.22. The second kappa shape index (κ2) is 10.8. The van der Waals surface area contributed by atoms with Crippen LogP contribution in [-0.2, 0) is 4.74 Å². The fourth-order valence-electron chi connectivity index (χ4n) is 2.70. The molecule has 0 aliphatic rings. The number of amides is 1. The van der Waals surface area contributed by atoms with E-state index < -0.39 is 0 Å². The molecule has 0 saturated carbocycles. The monoisotopic (exact) mass is 420 g/mol. The topological polar surface area (TPSA) is 90.1 Å². The van der Waals surface area contributed by atoms with Crippen LogP contribution in [0.15, 0.2) is 70.2 Å². The molecule has 0 bridgehead atoms. The van der Waals surface area contributed by atoms with Crippen molar-refractivity contribution in [2.45, 2.75) is 20.3 Å². The molecule has 0 unspecified atom stereocenters. The number of hydrazone groups is 1. The van der Waals surface area contributed by atoms with Crippen molar-refractivity contribution in [1.29, 1.82) is 0 Å². The van der Waals surface area contributed by atoms with Gasteiger partial charge in [-0.3, -0.25) is 4.79 Å². The SMILES string of the molecule is CCCOc1ccc(C(=O)N/N=C\c2ccc(-c3ccc(C(=O)OCC)cc3)o2)cc1. The lowest BCUT2D eigenvalue weighted by molar-refractivity contribution is 0.0526. The highest BCUT2D eigenvalue weighted by atomic mass is 16.5. The van der Waals surface area contributed by atoms with Gasteiger partial charge in [0.1, 0.15) is 17.3 Å². The number of furan rings is 1. The molecule has 2 aromatic carbocycles. The third-order valence-electron chi connectivity index (χ3n) is 4.25. The number of nitrogens with zero attached hydrogens (tertiary/aromatic N) is 1. The summed E-state index contributed by atoms with van der Waals surface area (Å²) >= 11 is 0. The summed E-state index contributed by atoms with van der Waals surface area (Å²) in [5.41, 5.74) is 4.23. The van der Waals surface area contributed by atoms with Crippen molar-refractivity contribution in [2.24, 2.45) is 5.10 Å². The normalized spacial score (nSPS) is 10.8. The van der Waals surface area contributed by atoms with E-state index >= 15 is 0 Å². The summed E-state index contributed by atoms with van der Waals surface area (Å²) in [7, 11) is 0. The van der Waals surface area contributed by atoms with Crippen LogP contribution in [0.25, 0.3) is 11.3 Å². The lowest BCUT2D eigenvalue weighted by Gasteiger charge is -2.05. The summed E-state index contributed by atoms with van der Waals surface area (Å²) in [6.07, 6.45) is 2.34. The number of esters is 1. The first-order valence-electron chi connectivity index (χ1n) is 10.0. The first-order chi connectivity index (χ1) is 15.1. The molecular weight excluding hydrogens is 396 g/mol. The van der Waals surface area contributed by atoms with Gasteiger partial charge >= 0.3 is 5.97 Å². The summed E-state index contributed by atoms with van der Waals surface area (Å²) in [6, 6.07) is 17.3. The van der Waals surface area contributed by atoms with Crippen LogP contribution in [0.3, 0.4) is 0 Å². The van der Waals surface area contributed by atoms with Crippen LogP contribution in [0, 0.1) is 0 Å². The molecule has 1 aromatic heterocycles. The molecule has 1 heterocycles. The van der Waals surface area contributed by atoms with Crippen LogP contribution < -0.4 is 10.2 Å². The van der Waals surface area contributed by atoms with Crippen molar-refractivity contribution in [2.75, 3.05) is 13.2 Å². The zero-order valence-electron chi connectivity index (χ0n) is 17.5. The van der Waals surface area contributed by atoms with Crippen molar-refractivity contribution in [3.05, 3.63) is 77.6 Å². The Balaban J connectivity index is 1.56. The average Bonchev–Trinajstić information content (AvgIpc) is 3.27. The van der Waals surface area contributed by atoms with E-state index in [1.165, 1.54) is 6.21 Å². The molecule has 1 N–H and O–H groups in total. The van der Waals surface area contributed by atoms with Crippen molar-refractivity contribution < 1.29 is 23.5 Å². The fraction of sp³-hybridized carbons (Fsp3) is 0.208. The van der Waals surface area contributed by atoms with E-state index in [0.29, 0.717) is 35.9 Å². The van der Waals surface area contributed by atoms with Crippen LogP contribution in [0.4, 0.5) is 0 Å². The van der Waals surface area contributed by atoms with Crippen LogP contribution >= 0.6 is 0 Å². The lowest BCUT2D eigenvalue weighted by Crippen LogP contribution is -2.17. The van der Waals surface area contributed by atoms with E-state index in [0.717, 1.165) is 17.7 Å². The number of ether oxygens (including phenoxy) is 2. The Bertz CT molecular complexity index is 1040. The maximum absolute atomic E-state index is 12.2. The zero-order valence-corrected chi connectivity index (χ0v) is 17.5. The number of hydrogen-bond donors (Lipinski definition) is 1. The maximum atomic E-state index is 12.2. The van der Waals surface area contributed by atoms with Crippen molar-refractivity contribution >= 4 is 18.1 Å². The van der Waals surface area contributed by atoms with E-state index in [1.807, 2.05) is 6.92 Å². The molecule has 160 valence electrons. The number of nitrogens with one attached hydrogen (secondary N) is 1. The molecule has 7 nitrogen and oxygen atoms in total. The average molecular weight is 420 g/mol. The largest absolute Gasteiger partial charge is 0.494 e. The van der Waals surface area contributed by atoms with Crippen LogP contribution in [0.1, 0.15) is 46.7 Å². The molecule has 1 amide bonds. The minimum atomic E-state index is -0.361. The van der Waals surface area contributed by atoms with E-state index in [2.05, 4.69) is 10.5 Å². The number of carbonyl (C=O) groups is 2. The molecule has 31 heavy (non-hydrogen) atoms. The molecule has 0 aliphatic carbocycles. The molecule has 0 fully saturated rings. The van der Waals surface area contributed by atoms with Crippen molar-refractivity contribution in [1.82, 2.24) is 5.43 Å². The standard InChI is InChI=1S/C24H24N2O5/c1-3-15-30-20-11-9-18(10-12-20)23(27)26-25-16-21-13-14-22(31-21)17-5-7-19(8-6-17)24(28)29-4-2/h5-14,16H,3-4,15H2,1-2H3,(H,26,27)/b25-16-.